The van der Waals surface area contributed by atoms with Gasteiger partial charge < -0.3 is 10.6 Å². The monoisotopic (exact) mass is 374 g/mol. The van der Waals surface area contributed by atoms with E-state index in [0.717, 1.165) is 21.6 Å². The Bertz CT molecular complexity index is 1030. The quantitative estimate of drug-likeness (QED) is 0.658. The SMILES string of the molecule is CSc1cccc(C(=O)Nc2ccc(-c3ccccc3)c3c2C(=O)NC3)c1. The van der Waals surface area contributed by atoms with Gasteiger partial charge >= 0.3 is 0 Å². The molecule has 134 valence electrons. The Morgan fingerprint density at radius 1 is 1.04 bits per heavy atom. The third-order valence-electron chi connectivity index (χ3n) is 4.63. The first kappa shape index (κ1) is 17.4. The molecule has 0 saturated heterocycles. The Morgan fingerprint density at radius 3 is 2.63 bits per heavy atom. The minimum atomic E-state index is -0.222. The van der Waals surface area contributed by atoms with E-state index < -0.39 is 0 Å². The molecule has 0 aliphatic carbocycles. The van der Waals surface area contributed by atoms with Crippen LogP contribution >= 0.6 is 11.8 Å². The number of anilines is 1. The van der Waals surface area contributed by atoms with Gasteiger partial charge in [0.25, 0.3) is 11.8 Å². The lowest BCUT2D eigenvalue weighted by molar-refractivity contribution is 0.0966. The van der Waals surface area contributed by atoms with Crippen molar-refractivity contribution in [2.75, 3.05) is 11.6 Å². The van der Waals surface area contributed by atoms with E-state index in [9.17, 15) is 9.59 Å². The van der Waals surface area contributed by atoms with Crippen LogP contribution in [0.3, 0.4) is 0 Å². The van der Waals surface area contributed by atoms with Crippen LogP contribution in [0.2, 0.25) is 0 Å². The van der Waals surface area contributed by atoms with Crippen LogP contribution in [0.25, 0.3) is 11.1 Å². The number of rotatable bonds is 4. The van der Waals surface area contributed by atoms with Crippen LogP contribution in [0.15, 0.2) is 71.6 Å². The first-order chi connectivity index (χ1) is 13.2. The van der Waals surface area contributed by atoms with E-state index in [1.54, 1.807) is 17.8 Å². The summed E-state index contributed by atoms with van der Waals surface area (Å²) in [6, 6.07) is 21.1. The van der Waals surface area contributed by atoms with E-state index in [1.165, 1.54) is 0 Å². The van der Waals surface area contributed by atoms with Crippen molar-refractivity contribution in [3.63, 3.8) is 0 Å². The zero-order valence-corrected chi connectivity index (χ0v) is 15.6. The summed E-state index contributed by atoms with van der Waals surface area (Å²) >= 11 is 1.58. The van der Waals surface area contributed by atoms with Crippen molar-refractivity contribution >= 4 is 29.3 Å². The van der Waals surface area contributed by atoms with Gasteiger partial charge in [0.2, 0.25) is 0 Å². The predicted molar refractivity (Wildman–Crippen MR) is 109 cm³/mol. The summed E-state index contributed by atoms with van der Waals surface area (Å²) in [5.74, 6) is -0.379. The number of benzene rings is 3. The minimum absolute atomic E-state index is 0.157. The van der Waals surface area contributed by atoms with E-state index in [1.807, 2.05) is 66.9 Å². The smallest absolute Gasteiger partial charge is 0.255 e. The zero-order valence-electron chi connectivity index (χ0n) is 14.8. The van der Waals surface area contributed by atoms with Crippen LogP contribution in [-0.4, -0.2) is 18.1 Å². The maximum atomic E-state index is 12.7. The molecule has 27 heavy (non-hydrogen) atoms. The molecule has 0 saturated carbocycles. The highest BCUT2D eigenvalue weighted by atomic mass is 32.2. The molecule has 0 bridgehead atoms. The molecule has 3 aromatic rings. The van der Waals surface area contributed by atoms with Gasteiger partial charge in [-0.1, -0.05) is 42.5 Å². The fraction of sp³-hybridized carbons (Fsp3) is 0.0909. The molecule has 1 heterocycles. The summed E-state index contributed by atoms with van der Waals surface area (Å²) in [5.41, 5.74) is 4.63. The number of carbonyl (C=O) groups is 2. The van der Waals surface area contributed by atoms with Crippen LogP contribution in [0.1, 0.15) is 26.3 Å². The zero-order chi connectivity index (χ0) is 18.8. The lowest BCUT2D eigenvalue weighted by Gasteiger charge is -2.13. The fourth-order valence-corrected chi connectivity index (χ4v) is 3.76. The first-order valence-electron chi connectivity index (χ1n) is 8.62. The predicted octanol–water partition coefficient (Wildman–Crippen LogP) is 4.57. The number of fused-ring (bicyclic) bond motifs is 1. The summed E-state index contributed by atoms with van der Waals surface area (Å²) in [6.45, 7) is 0.462. The highest BCUT2D eigenvalue weighted by Gasteiger charge is 2.26. The maximum Gasteiger partial charge on any atom is 0.255 e. The van der Waals surface area contributed by atoms with Crippen LogP contribution in [-0.2, 0) is 6.54 Å². The van der Waals surface area contributed by atoms with Gasteiger partial charge in [-0.2, -0.15) is 0 Å². The Morgan fingerprint density at radius 2 is 1.85 bits per heavy atom. The summed E-state index contributed by atoms with van der Waals surface area (Å²) in [7, 11) is 0. The van der Waals surface area contributed by atoms with Crippen molar-refractivity contribution in [2.24, 2.45) is 0 Å². The molecule has 3 aromatic carbocycles. The molecule has 2 N–H and O–H groups in total. The molecule has 0 aromatic heterocycles. The molecule has 0 fully saturated rings. The first-order valence-corrected chi connectivity index (χ1v) is 9.85. The molecular weight excluding hydrogens is 356 g/mol. The Labute approximate surface area is 162 Å². The third-order valence-corrected chi connectivity index (χ3v) is 5.36. The normalized spacial score (nSPS) is 12.4. The standard InChI is InChI=1S/C22H18N2O2S/c1-27-16-9-5-8-15(12-16)21(25)24-19-11-10-17(14-6-3-2-4-7-14)18-13-23-22(26)20(18)19/h2-12H,13H2,1H3,(H,23,26)(H,24,25). The molecule has 0 radical (unpaired) electrons. The van der Waals surface area contributed by atoms with Crippen molar-refractivity contribution in [3.8, 4) is 11.1 Å². The number of carbonyl (C=O) groups excluding carboxylic acids is 2. The summed E-state index contributed by atoms with van der Waals surface area (Å²) in [4.78, 5) is 26.1. The highest BCUT2D eigenvalue weighted by molar-refractivity contribution is 7.98. The average molecular weight is 374 g/mol. The Kier molecular flexibility index (Phi) is 4.69. The molecule has 1 aliphatic rings. The van der Waals surface area contributed by atoms with E-state index in [4.69, 9.17) is 0 Å². The summed E-state index contributed by atoms with van der Waals surface area (Å²) in [6.07, 6.45) is 1.97. The molecule has 4 rings (SSSR count). The largest absolute Gasteiger partial charge is 0.348 e. The van der Waals surface area contributed by atoms with Gasteiger partial charge in [0.1, 0.15) is 0 Å². The third kappa shape index (κ3) is 3.34. The van der Waals surface area contributed by atoms with Gasteiger partial charge in [-0.25, -0.2) is 0 Å². The van der Waals surface area contributed by atoms with Crippen molar-refractivity contribution < 1.29 is 9.59 Å². The van der Waals surface area contributed by atoms with E-state index >= 15 is 0 Å². The second kappa shape index (κ2) is 7.29. The minimum Gasteiger partial charge on any atom is -0.348 e. The lowest BCUT2D eigenvalue weighted by Crippen LogP contribution is -2.17. The molecule has 2 amide bonds. The number of hydrogen-bond acceptors (Lipinski definition) is 3. The Hall–Kier alpha value is -3.05. The van der Waals surface area contributed by atoms with Crippen molar-refractivity contribution in [1.29, 1.82) is 0 Å². The van der Waals surface area contributed by atoms with Crippen LogP contribution in [0.4, 0.5) is 5.69 Å². The molecule has 0 atom stereocenters. The summed E-state index contributed by atoms with van der Waals surface area (Å²) < 4.78 is 0. The van der Waals surface area contributed by atoms with E-state index in [0.29, 0.717) is 23.4 Å². The molecule has 5 heteroatoms. The van der Waals surface area contributed by atoms with Crippen molar-refractivity contribution in [1.82, 2.24) is 5.32 Å². The molecule has 0 unspecified atom stereocenters. The fourth-order valence-electron chi connectivity index (χ4n) is 3.30. The maximum absolute atomic E-state index is 12.7. The number of amides is 2. The van der Waals surface area contributed by atoms with Crippen LogP contribution in [0.5, 0.6) is 0 Å². The lowest BCUT2D eigenvalue weighted by atomic mass is 9.95. The Balaban J connectivity index is 1.71. The molecule has 0 spiro atoms. The number of nitrogens with one attached hydrogen (secondary N) is 2. The van der Waals surface area contributed by atoms with Crippen LogP contribution in [0, 0.1) is 0 Å². The van der Waals surface area contributed by atoms with E-state index in [2.05, 4.69) is 10.6 Å². The summed E-state index contributed by atoms with van der Waals surface area (Å²) in [5, 5.41) is 5.78. The second-order valence-electron chi connectivity index (χ2n) is 6.25. The van der Waals surface area contributed by atoms with Gasteiger partial charge in [-0.05, 0) is 47.2 Å². The number of thioether (sulfide) groups is 1. The van der Waals surface area contributed by atoms with Crippen LogP contribution < -0.4 is 10.6 Å². The van der Waals surface area contributed by atoms with Gasteiger partial charge in [-0.15, -0.1) is 11.8 Å². The van der Waals surface area contributed by atoms with Gasteiger partial charge in [0, 0.05) is 17.0 Å². The molecular formula is C22H18N2O2S. The average Bonchev–Trinajstić information content (AvgIpc) is 3.11. The topological polar surface area (TPSA) is 58.2 Å². The van der Waals surface area contributed by atoms with Gasteiger partial charge in [0.05, 0.1) is 11.3 Å². The van der Waals surface area contributed by atoms with Crippen molar-refractivity contribution in [3.05, 3.63) is 83.4 Å². The van der Waals surface area contributed by atoms with Crippen molar-refractivity contribution in [2.45, 2.75) is 11.4 Å². The highest BCUT2D eigenvalue weighted by Crippen LogP contribution is 2.34. The van der Waals surface area contributed by atoms with Gasteiger partial charge in [-0.3, -0.25) is 9.59 Å². The number of hydrogen-bond donors (Lipinski definition) is 2. The second-order valence-corrected chi connectivity index (χ2v) is 7.13. The molecule has 1 aliphatic heterocycles. The molecule has 4 nitrogen and oxygen atoms in total. The van der Waals surface area contributed by atoms with Gasteiger partial charge in [0.15, 0.2) is 0 Å². The van der Waals surface area contributed by atoms with E-state index in [-0.39, 0.29) is 11.8 Å².